The van der Waals surface area contributed by atoms with Gasteiger partial charge in [-0.3, -0.25) is 0 Å². The van der Waals surface area contributed by atoms with Crippen molar-refractivity contribution in [1.82, 2.24) is 0 Å². The van der Waals surface area contributed by atoms with Gasteiger partial charge in [0.1, 0.15) is 0 Å². The first-order valence-corrected chi connectivity index (χ1v) is 5.53. The average molecular weight is 213 g/mol. The second-order valence-corrected chi connectivity index (χ2v) is 4.00. The summed E-state index contributed by atoms with van der Waals surface area (Å²) in [6.07, 6.45) is 3.47. The number of benzene rings is 1. The first kappa shape index (κ1) is 11.5. The molecule has 2 heteroatoms. The van der Waals surface area contributed by atoms with E-state index in [0.29, 0.717) is 6.42 Å². The molecule has 1 atom stereocenters. The van der Waals surface area contributed by atoms with Crippen LogP contribution in [0.4, 0.5) is 0 Å². The van der Waals surface area contributed by atoms with Gasteiger partial charge in [0.2, 0.25) is 0 Å². The molecule has 1 aromatic carbocycles. The number of halogens is 1. The van der Waals surface area contributed by atoms with E-state index in [1.54, 1.807) is 0 Å². The third kappa shape index (κ3) is 3.69. The highest BCUT2D eigenvalue weighted by molar-refractivity contribution is 6.31. The van der Waals surface area contributed by atoms with E-state index in [1.807, 2.05) is 24.3 Å². The lowest BCUT2D eigenvalue weighted by Gasteiger charge is -2.10. The summed E-state index contributed by atoms with van der Waals surface area (Å²) in [6, 6.07) is 7.69. The van der Waals surface area contributed by atoms with Gasteiger partial charge in [-0.15, -0.1) is 0 Å². The fraction of sp³-hybridized carbons (Fsp3) is 0.500. The van der Waals surface area contributed by atoms with Crippen molar-refractivity contribution in [2.75, 3.05) is 0 Å². The summed E-state index contributed by atoms with van der Waals surface area (Å²) in [6.45, 7) is 2.13. The molecule has 0 heterocycles. The Labute approximate surface area is 90.7 Å². The molecule has 1 nitrogen and oxygen atoms in total. The Hall–Kier alpha value is -0.530. The third-order valence-electron chi connectivity index (χ3n) is 2.30. The van der Waals surface area contributed by atoms with Gasteiger partial charge in [-0.2, -0.15) is 0 Å². The molecule has 1 aromatic rings. The molecular formula is C12H17ClO. The molecular weight excluding hydrogens is 196 g/mol. The minimum atomic E-state index is -0.255. The predicted molar refractivity (Wildman–Crippen MR) is 60.7 cm³/mol. The van der Waals surface area contributed by atoms with Crippen LogP contribution in [0.15, 0.2) is 24.3 Å². The van der Waals surface area contributed by atoms with E-state index in [4.69, 9.17) is 11.6 Å². The predicted octanol–water partition coefficient (Wildman–Crippen LogP) is 3.43. The molecule has 14 heavy (non-hydrogen) atoms. The summed E-state index contributed by atoms with van der Waals surface area (Å²) >= 11 is 5.99. The van der Waals surface area contributed by atoms with Gasteiger partial charge in [-0.25, -0.2) is 0 Å². The number of hydrogen-bond acceptors (Lipinski definition) is 1. The maximum atomic E-state index is 9.70. The van der Waals surface area contributed by atoms with E-state index in [-0.39, 0.29) is 6.10 Å². The van der Waals surface area contributed by atoms with E-state index in [0.717, 1.165) is 29.8 Å². The Bertz CT molecular complexity index is 273. The third-order valence-corrected chi connectivity index (χ3v) is 2.67. The van der Waals surface area contributed by atoms with Crippen LogP contribution in [0.2, 0.25) is 5.02 Å². The Morgan fingerprint density at radius 2 is 2.07 bits per heavy atom. The van der Waals surface area contributed by atoms with Crippen molar-refractivity contribution in [3.8, 4) is 0 Å². The van der Waals surface area contributed by atoms with Gasteiger partial charge < -0.3 is 5.11 Å². The van der Waals surface area contributed by atoms with Crippen molar-refractivity contribution in [1.29, 1.82) is 0 Å². The maximum Gasteiger partial charge on any atom is 0.0581 e. The summed E-state index contributed by atoms with van der Waals surface area (Å²) in [7, 11) is 0. The normalized spacial score (nSPS) is 12.8. The van der Waals surface area contributed by atoms with Crippen molar-refractivity contribution in [3.63, 3.8) is 0 Å². The molecule has 78 valence electrons. The van der Waals surface area contributed by atoms with Gasteiger partial charge in [-0.05, 0) is 24.5 Å². The van der Waals surface area contributed by atoms with Crippen LogP contribution in [0, 0.1) is 0 Å². The highest BCUT2D eigenvalue weighted by Gasteiger charge is 2.06. The monoisotopic (exact) mass is 212 g/mol. The fourth-order valence-electron chi connectivity index (χ4n) is 1.46. The summed E-state index contributed by atoms with van der Waals surface area (Å²) < 4.78 is 0. The SMILES string of the molecule is CCCC[C@H](O)Cc1ccccc1Cl. The molecule has 0 radical (unpaired) electrons. The van der Waals surface area contributed by atoms with E-state index in [9.17, 15) is 5.11 Å². The first-order chi connectivity index (χ1) is 6.74. The Kier molecular flexibility index (Phi) is 4.99. The number of unbranched alkanes of at least 4 members (excludes halogenated alkanes) is 1. The molecule has 0 aromatic heterocycles. The van der Waals surface area contributed by atoms with Crippen LogP contribution in [0.3, 0.4) is 0 Å². The summed E-state index contributed by atoms with van der Waals surface area (Å²) in [5, 5.41) is 10.5. The zero-order chi connectivity index (χ0) is 10.4. The zero-order valence-electron chi connectivity index (χ0n) is 8.54. The number of hydrogen-bond donors (Lipinski definition) is 1. The molecule has 0 bridgehead atoms. The van der Waals surface area contributed by atoms with Crippen molar-refractivity contribution in [3.05, 3.63) is 34.9 Å². The number of rotatable bonds is 5. The van der Waals surface area contributed by atoms with Crippen molar-refractivity contribution >= 4 is 11.6 Å². The smallest absolute Gasteiger partial charge is 0.0581 e. The van der Waals surface area contributed by atoms with Crippen LogP contribution in [-0.2, 0) is 6.42 Å². The zero-order valence-corrected chi connectivity index (χ0v) is 9.30. The minimum Gasteiger partial charge on any atom is -0.393 e. The molecule has 0 aliphatic carbocycles. The van der Waals surface area contributed by atoms with Crippen LogP contribution >= 0.6 is 11.6 Å². The molecule has 0 amide bonds. The average Bonchev–Trinajstić information content (AvgIpc) is 2.18. The van der Waals surface area contributed by atoms with E-state index < -0.39 is 0 Å². The Morgan fingerprint density at radius 3 is 2.71 bits per heavy atom. The van der Waals surface area contributed by atoms with Gasteiger partial charge >= 0.3 is 0 Å². The molecule has 1 N–H and O–H groups in total. The minimum absolute atomic E-state index is 0.255. The molecule has 0 saturated heterocycles. The quantitative estimate of drug-likeness (QED) is 0.793. The number of aliphatic hydroxyl groups is 1. The van der Waals surface area contributed by atoms with Gasteiger partial charge in [0.15, 0.2) is 0 Å². The molecule has 0 saturated carbocycles. The van der Waals surface area contributed by atoms with Gasteiger partial charge in [-0.1, -0.05) is 49.6 Å². The summed E-state index contributed by atoms with van der Waals surface area (Å²) in [5.41, 5.74) is 1.04. The molecule has 0 aliphatic heterocycles. The van der Waals surface area contributed by atoms with E-state index in [2.05, 4.69) is 6.92 Å². The van der Waals surface area contributed by atoms with Crippen molar-refractivity contribution in [2.24, 2.45) is 0 Å². The van der Waals surface area contributed by atoms with Crippen LogP contribution in [0.25, 0.3) is 0 Å². The van der Waals surface area contributed by atoms with Crippen LogP contribution in [0.5, 0.6) is 0 Å². The lowest BCUT2D eigenvalue weighted by atomic mass is 10.0. The molecule has 1 rings (SSSR count). The van der Waals surface area contributed by atoms with Gasteiger partial charge in [0.25, 0.3) is 0 Å². The molecule has 0 aliphatic rings. The first-order valence-electron chi connectivity index (χ1n) is 5.15. The highest BCUT2D eigenvalue weighted by Crippen LogP contribution is 2.18. The second-order valence-electron chi connectivity index (χ2n) is 3.59. The summed E-state index contributed by atoms with van der Waals surface area (Å²) in [5.74, 6) is 0. The highest BCUT2D eigenvalue weighted by atomic mass is 35.5. The van der Waals surface area contributed by atoms with Gasteiger partial charge in [0.05, 0.1) is 6.10 Å². The lowest BCUT2D eigenvalue weighted by Crippen LogP contribution is -2.10. The fourth-order valence-corrected chi connectivity index (χ4v) is 1.67. The Balaban J connectivity index is 2.47. The van der Waals surface area contributed by atoms with E-state index in [1.165, 1.54) is 0 Å². The molecule has 0 unspecified atom stereocenters. The summed E-state index contributed by atoms with van der Waals surface area (Å²) in [4.78, 5) is 0. The maximum absolute atomic E-state index is 9.70. The van der Waals surface area contributed by atoms with Crippen LogP contribution in [0.1, 0.15) is 31.7 Å². The lowest BCUT2D eigenvalue weighted by molar-refractivity contribution is 0.162. The van der Waals surface area contributed by atoms with E-state index >= 15 is 0 Å². The standard InChI is InChI=1S/C12H17ClO/c1-2-3-7-11(14)9-10-6-4-5-8-12(10)13/h4-6,8,11,14H,2-3,7,9H2,1H3/t11-/m0/s1. The topological polar surface area (TPSA) is 20.2 Å². The number of aliphatic hydroxyl groups excluding tert-OH is 1. The Morgan fingerprint density at radius 1 is 1.36 bits per heavy atom. The van der Waals surface area contributed by atoms with Crippen LogP contribution in [-0.4, -0.2) is 11.2 Å². The second kappa shape index (κ2) is 6.05. The van der Waals surface area contributed by atoms with Gasteiger partial charge in [0, 0.05) is 5.02 Å². The van der Waals surface area contributed by atoms with Crippen LogP contribution < -0.4 is 0 Å². The molecule has 0 spiro atoms. The van der Waals surface area contributed by atoms with Crippen molar-refractivity contribution in [2.45, 2.75) is 38.7 Å². The molecule has 0 fully saturated rings. The largest absolute Gasteiger partial charge is 0.393 e. The van der Waals surface area contributed by atoms with Crippen molar-refractivity contribution < 1.29 is 5.11 Å².